The molecule has 19 heavy (non-hydrogen) atoms. The van der Waals surface area contributed by atoms with E-state index in [1.165, 1.54) is 6.07 Å². The summed E-state index contributed by atoms with van der Waals surface area (Å²) >= 11 is 0. The number of hydrogen-bond acceptors (Lipinski definition) is 2. The lowest BCUT2D eigenvalue weighted by Crippen LogP contribution is -2.43. The Bertz CT molecular complexity index is 364. The fourth-order valence-corrected chi connectivity index (χ4v) is 2.48. The number of nitrogens with one attached hydrogen (secondary N) is 1. The van der Waals surface area contributed by atoms with Gasteiger partial charge in [0.05, 0.1) is 0 Å². The molecule has 0 saturated carbocycles. The Morgan fingerprint density at radius 2 is 1.84 bits per heavy atom. The standard InChI is InChI=1S/C16H27FN2/c1-5-19(6-2)12-14(4)18-13(3)10-15-8-7-9-16(17)11-15/h7-9,11,13-14,18H,5-6,10,12H2,1-4H3. The Balaban J connectivity index is 2.40. The van der Waals surface area contributed by atoms with Gasteiger partial charge in [0.15, 0.2) is 0 Å². The summed E-state index contributed by atoms with van der Waals surface area (Å²) in [4.78, 5) is 2.41. The summed E-state index contributed by atoms with van der Waals surface area (Å²) in [5.41, 5.74) is 1.05. The highest BCUT2D eigenvalue weighted by Gasteiger charge is 2.11. The maximum absolute atomic E-state index is 13.1. The van der Waals surface area contributed by atoms with Crippen molar-refractivity contribution >= 4 is 0 Å². The highest BCUT2D eigenvalue weighted by molar-refractivity contribution is 5.17. The molecule has 0 bridgehead atoms. The molecule has 0 spiro atoms. The van der Waals surface area contributed by atoms with Crippen molar-refractivity contribution in [3.8, 4) is 0 Å². The predicted molar refractivity (Wildman–Crippen MR) is 80.0 cm³/mol. The highest BCUT2D eigenvalue weighted by Crippen LogP contribution is 2.07. The fourth-order valence-electron chi connectivity index (χ4n) is 2.48. The summed E-state index contributed by atoms with van der Waals surface area (Å²) in [6, 6.07) is 7.67. The van der Waals surface area contributed by atoms with Crippen LogP contribution in [0.15, 0.2) is 24.3 Å². The molecule has 2 atom stereocenters. The van der Waals surface area contributed by atoms with Gasteiger partial charge in [-0.15, -0.1) is 0 Å². The van der Waals surface area contributed by atoms with E-state index in [1.54, 1.807) is 12.1 Å². The van der Waals surface area contributed by atoms with Crippen LogP contribution in [0.1, 0.15) is 33.3 Å². The van der Waals surface area contributed by atoms with Crippen LogP contribution in [0.25, 0.3) is 0 Å². The van der Waals surface area contributed by atoms with Crippen molar-refractivity contribution in [2.75, 3.05) is 19.6 Å². The number of likely N-dealkylation sites (N-methyl/N-ethyl adjacent to an activating group) is 1. The molecule has 2 unspecified atom stereocenters. The molecule has 1 rings (SSSR count). The zero-order valence-corrected chi connectivity index (χ0v) is 12.6. The monoisotopic (exact) mass is 266 g/mol. The van der Waals surface area contributed by atoms with E-state index in [0.29, 0.717) is 12.1 Å². The molecule has 0 amide bonds. The van der Waals surface area contributed by atoms with E-state index >= 15 is 0 Å². The first-order chi connectivity index (χ1) is 9.05. The molecule has 1 aromatic carbocycles. The summed E-state index contributed by atoms with van der Waals surface area (Å²) in [5.74, 6) is -0.152. The summed E-state index contributed by atoms with van der Waals surface area (Å²) in [6.45, 7) is 12.0. The summed E-state index contributed by atoms with van der Waals surface area (Å²) in [5, 5.41) is 3.58. The lowest BCUT2D eigenvalue weighted by molar-refractivity contribution is 0.263. The largest absolute Gasteiger partial charge is 0.310 e. The molecule has 1 aromatic rings. The first-order valence-corrected chi connectivity index (χ1v) is 7.28. The van der Waals surface area contributed by atoms with Crippen LogP contribution in [0.4, 0.5) is 4.39 Å². The molecule has 0 aliphatic rings. The summed E-state index contributed by atoms with van der Waals surface area (Å²) in [7, 11) is 0. The zero-order valence-electron chi connectivity index (χ0n) is 12.6. The van der Waals surface area contributed by atoms with Crippen LogP contribution in [0, 0.1) is 5.82 Å². The van der Waals surface area contributed by atoms with Gasteiger partial charge in [-0.05, 0) is 51.1 Å². The maximum Gasteiger partial charge on any atom is 0.123 e. The van der Waals surface area contributed by atoms with Crippen molar-refractivity contribution in [3.05, 3.63) is 35.6 Å². The Labute approximate surface area is 117 Å². The van der Waals surface area contributed by atoms with Crippen LogP contribution in [-0.2, 0) is 6.42 Å². The lowest BCUT2D eigenvalue weighted by atomic mass is 10.1. The molecule has 0 aromatic heterocycles. The van der Waals surface area contributed by atoms with Gasteiger partial charge in [-0.1, -0.05) is 26.0 Å². The first kappa shape index (κ1) is 16.1. The van der Waals surface area contributed by atoms with Gasteiger partial charge in [-0.2, -0.15) is 0 Å². The van der Waals surface area contributed by atoms with Crippen molar-refractivity contribution in [2.45, 2.75) is 46.2 Å². The molecule has 0 aliphatic carbocycles. The van der Waals surface area contributed by atoms with Gasteiger partial charge in [0, 0.05) is 18.6 Å². The molecule has 108 valence electrons. The van der Waals surface area contributed by atoms with E-state index in [0.717, 1.165) is 31.6 Å². The van der Waals surface area contributed by atoms with Crippen molar-refractivity contribution < 1.29 is 4.39 Å². The maximum atomic E-state index is 13.1. The average Bonchev–Trinajstić information content (AvgIpc) is 2.35. The van der Waals surface area contributed by atoms with Gasteiger partial charge in [0.1, 0.15) is 5.82 Å². The Kier molecular flexibility index (Phi) is 7.03. The quantitative estimate of drug-likeness (QED) is 0.778. The molecular weight excluding hydrogens is 239 g/mol. The third kappa shape index (κ3) is 6.17. The third-order valence-corrected chi connectivity index (χ3v) is 3.43. The van der Waals surface area contributed by atoms with E-state index in [1.807, 2.05) is 6.07 Å². The molecule has 0 heterocycles. The molecule has 0 radical (unpaired) electrons. The van der Waals surface area contributed by atoms with Crippen LogP contribution >= 0.6 is 0 Å². The topological polar surface area (TPSA) is 15.3 Å². The SMILES string of the molecule is CCN(CC)CC(C)NC(C)Cc1cccc(F)c1. The van der Waals surface area contributed by atoms with Gasteiger partial charge in [0.2, 0.25) is 0 Å². The molecule has 0 aliphatic heterocycles. The number of hydrogen-bond donors (Lipinski definition) is 1. The minimum atomic E-state index is -0.152. The van der Waals surface area contributed by atoms with Crippen LogP contribution in [0.3, 0.4) is 0 Å². The van der Waals surface area contributed by atoms with Crippen molar-refractivity contribution in [1.82, 2.24) is 10.2 Å². The molecule has 0 saturated heterocycles. The average molecular weight is 266 g/mol. The normalized spacial score (nSPS) is 14.6. The van der Waals surface area contributed by atoms with E-state index in [9.17, 15) is 4.39 Å². The minimum absolute atomic E-state index is 0.152. The van der Waals surface area contributed by atoms with Crippen molar-refractivity contribution in [2.24, 2.45) is 0 Å². The van der Waals surface area contributed by atoms with E-state index in [-0.39, 0.29) is 5.82 Å². The van der Waals surface area contributed by atoms with E-state index in [4.69, 9.17) is 0 Å². The van der Waals surface area contributed by atoms with Gasteiger partial charge >= 0.3 is 0 Å². The van der Waals surface area contributed by atoms with Gasteiger partial charge < -0.3 is 10.2 Å². The number of benzene rings is 1. The van der Waals surface area contributed by atoms with Gasteiger partial charge in [-0.25, -0.2) is 4.39 Å². The molecule has 3 heteroatoms. The number of halogens is 1. The van der Waals surface area contributed by atoms with Crippen molar-refractivity contribution in [1.29, 1.82) is 0 Å². The second-order valence-corrected chi connectivity index (χ2v) is 5.29. The Hall–Kier alpha value is -0.930. The van der Waals surface area contributed by atoms with Crippen LogP contribution in [0.2, 0.25) is 0 Å². The smallest absolute Gasteiger partial charge is 0.123 e. The van der Waals surface area contributed by atoms with E-state index < -0.39 is 0 Å². The molecule has 2 nitrogen and oxygen atoms in total. The van der Waals surface area contributed by atoms with Crippen LogP contribution < -0.4 is 5.32 Å². The number of nitrogens with zero attached hydrogens (tertiary/aromatic N) is 1. The summed E-state index contributed by atoms with van der Waals surface area (Å²) < 4.78 is 13.1. The first-order valence-electron chi connectivity index (χ1n) is 7.28. The van der Waals surface area contributed by atoms with Crippen LogP contribution in [-0.4, -0.2) is 36.6 Å². The summed E-state index contributed by atoms with van der Waals surface area (Å²) in [6.07, 6.45) is 0.861. The van der Waals surface area contributed by atoms with E-state index in [2.05, 4.69) is 37.9 Å². The third-order valence-electron chi connectivity index (χ3n) is 3.43. The molecule has 1 N–H and O–H groups in total. The zero-order chi connectivity index (χ0) is 14.3. The Morgan fingerprint density at radius 1 is 1.16 bits per heavy atom. The molecule has 0 fully saturated rings. The second kappa shape index (κ2) is 8.28. The highest BCUT2D eigenvalue weighted by atomic mass is 19.1. The van der Waals surface area contributed by atoms with Gasteiger partial charge in [-0.3, -0.25) is 0 Å². The lowest BCUT2D eigenvalue weighted by Gasteiger charge is -2.26. The van der Waals surface area contributed by atoms with Gasteiger partial charge in [0.25, 0.3) is 0 Å². The predicted octanol–water partition coefficient (Wildman–Crippen LogP) is 3.08. The van der Waals surface area contributed by atoms with Crippen molar-refractivity contribution in [3.63, 3.8) is 0 Å². The fraction of sp³-hybridized carbons (Fsp3) is 0.625. The van der Waals surface area contributed by atoms with Crippen LogP contribution in [0.5, 0.6) is 0 Å². The molecular formula is C16H27FN2. The number of rotatable bonds is 8. The minimum Gasteiger partial charge on any atom is -0.310 e. The second-order valence-electron chi connectivity index (χ2n) is 5.29. The Morgan fingerprint density at radius 3 is 2.42 bits per heavy atom.